The van der Waals surface area contributed by atoms with Gasteiger partial charge in [0, 0.05) is 4.70 Å². The normalized spacial score (nSPS) is 25.9. The van der Waals surface area contributed by atoms with Crippen molar-refractivity contribution in [2.45, 2.75) is 39.5 Å². The fourth-order valence-electron chi connectivity index (χ4n) is 3.81. The van der Waals surface area contributed by atoms with Gasteiger partial charge in [-0.05, 0) is 71.9 Å². The van der Waals surface area contributed by atoms with E-state index in [9.17, 15) is 0 Å². The summed E-state index contributed by atoms with van der Waals surface area (Å²) in [6.45, 7) is 5.68. The summed E-state index contributed by atoms with van der Waals surface area (Å²) in [5, 5.41) is 3.82. The molecule has 2 heteroatoms. The van der Waals surface area contributed by atoms with Crippen molar-refractivity contribution in [1.82, 2.24) is 0 Å². The Hall–Kier alpha value is -0.860. The van der Waals surface area contributed by atoms with Crippen LogP contribution in [0.5, 0.6) is 0 Å². The number of hydrogen-bond donors (Lipinski definition) is 1. The van der Waals surface area contributed by atoms with E-state index in [0.717, 1.165) is 12.5 Å². The molecule has 108 valence electrons. The molecule has 1 aromatic heterocycles. The van der Waals surface area contributed by atoms with Crippen LogP contribution in [0.1, 0.15) is 38.7 Å². The molecule has 1 nitrogen and oxygen atoms in total. The first-order chi connectivity index (χ1) is 9.59. The molecule has 1 aliphatic carbocycles. The van der Waals surface area contributed by atoms with E-state index < -0.39 is 0 Å². The van der Waals surface area contributed by atoms with E-state index in [1.807, 2.05) is 11.3 Å². The van der Waals surface area contributed by atoms with Gasteiger partial charge in [-0.15, -0.1) is 11.3 Å². The van der Waals surface area contributed by atoms with Gasteiger partial charge in [0.15, 0.2) is 0 Å². The molecule has 0 aliphatic heterocycles. The van der Waals surface area contributed by atoms with Crippen LogP contribution in [0, 0.1) is 17.3 Å². The third-order valence-corrected chi connectivity index (χ3v) is 6.03. The lowest BCUT2D eigenvalue weighted by atomic mass is 9.65. The fourth-order valence-corrected chi connectivity index (χ4v) is 4.79. The maximum atomic E-state index is 6.03. The summed E-state index contributed by atoms with van der Waals surface area (Å²) in [6, 6.07) is 8.79. The summed E-state index contributed by atoms with van der Waals surface area (Å²) in [7, 11) is 0. The lowest BCUT2D eigenvalue weighted by Crippen LogP contribution is -2.35. The zero-order valence-corrected chi connectivity index (χ0v) is 13.4. The number of thiophene rings is 1. The van der Waals surface area contributed by atoms with Gasteiger partial charge in [-0.25, -0.2) is 0 Å². The van der Waals surface area contributed by atoms with E-state index >= 15 is 0 Å². The van der Waals surface area contributed by atoms with Crippen LogP contribution < -0.4 is 5.73 Å². The predicted octanol–water partition coefficient (Wildman–Crippen LogP) is 4.85. The first kappa shape index (κ1) is 14.1. The highest BCUT2D eigenvalue weighted by molar-refractivity contribution is 7.17. The Bertz CT molecular complexity index is 584. The second kappa shape index (κ2) is 5.50. The van der Waals surface area contributed by atoms with Crippen LogP contribution in [-0.2, 0) is 6.42 Å². The van der Waals surface area contributed by atoms with E-state index in [1.54, 1.807) is 0 Å². The van der Waals surface area contributed by atoms with Gasteiger partial charge >= 0.3 is 0 Å². The number of rotatable bonds is 3. The van der Waals surface area contributed by atoms with E-state index in [2.05, 4.69) is 43.5 Å². The molecule has 2 N–H and O–H groups in total. The predicted molar refractivity (Wildman–Crippen MR) is 89.2 cm³/mol. The number of hydrogen-bond acceptors (Lipinski definition) is 2. The Balaban J connectivity index is 1.84. The van der Waals surface area contributed by atoms with E-state index in [-0.39, 0.29) is 0 Å². The molecule has 0 spiro atoms. The van der Waals surface area contributed by atoms with Gasteiger partial charge in [0.25, 0.3) is 0 Å². The monoisotopic (exact) mass is 287 g/mol. The molecule has 0 radical (unpaired) electrons. The lowest BCUT2D eigenvalue weighted by molar-refractivity contribution is 0.122. The lowest BCUT2D eigenvalue weighted by Gasteiger charge is -2.40. The molecule has 1 aliphatic rings. The maximum Gasteiger partial charge on any atom is 0.0345 e. The molecule has 0 bridgehead atoms. The van der Waals surface area contributed by atoms with Gasteiger partial charge < -0.3 is 5.73 Å². The summed E-state index contributed by atoms with van der Waals surface area (Å²) < 4.78 is 1.42. The van der Waals surface area contributed by atoms with Crippen molar-refractivity contribution in [3.8, 4) is 0 Å². The summed E-state index contributed by atoms with van der Waals surface area (Å²) in [4.78, 5) is 0. The third-order valence-electron chi connectivity index (χ3n) is 5.02. The SMILES string of the molecule is CC1(C)CCC(CN)C(Cc2csc3ccccc23)C1. The summed E-state index contributed by atoms with van der Waals surface area (Å²) in [6.07, 6.45) is 5.15. The molecule has 0 saturated heterocycles. The minimum atomic E-state index is 0.488. The van der Waals surface area contributed by atoms with Gasteiger partial charge in [-0.1, -0.05) is 32.0 Å². The topological polar surface area (TPSA) is 26.0 Å². The van der Waals surface area contributed by atoms with Crippen molar-refractivity contribution in [1.29, 1.82) is 0 Å². The summed E-state index contributed by atoms with van der Waals surface area (Å²) >= 11 is 1.88. The first-order valence-corrected chi connectivity index (χ1v) is 8.62. The average Bonchev–Trinajstić information content (AvgIpc) is 2.82. The molecule has 1 saturated carbocycles. The molecule has 2 atom stereocenters. The fraction of sp³-hybridized carbons (Fsp3) is 0.556. The quantitative estimate of drug-likeness (QED) is 0.858. The molecular weight excluding hydrogens is 262 g/mol. The van der Waals surface area contributed by atoms with Crippen LogP contribution in [0.2, 0.25) is 0 Å². The molecule has 2 aromatic rings. The van der Waals surface area contributed by atoms with Crippen molar-refractivity contribution >= 4 is 21.4 Å². The van der Waals surface area contributed by atoms with Gasteiger partial charge in [0.1, 0.15) is 0 Å². The Morgan fingerprint density at radius 3 is 2.85 bits per heavy atom. The van der Waals surface area contributed by atoms with E-state index in [1.165, 1.54) is 41.3 Å². The largest absolute Gasteiger partial charge is 0.330 e. The van der Waals surface area contributed by atoms with Gasteiger partial charge in [-0.3, -0.25) is 0 Å². The second-order valence-corrected chi connectivity index (χ2v) is 8.04. The molecule has 0 amide bonds. The number of benzene rings is 1. The molecule has 2 unspecified atom stereocenters. The minimum Gasteiger partial charge on any atom is -0.330 e. The van der Waals surface area contributed by atoms with Crippen molar-refractivity contribution in [2.75, 3.05) is 6.54 Å². The van der Waals surface area contributed by atoms with Crippen molar-refractivity contribution < 1.29 is 0 Å². The second-order valence-electron chi connectivity index (χ2n) is 7.12. The van der Waals surface area contributed by atoms with E-state index in [0.29, 0.717) is 11.3 Å². The third kappa shape index (κ3) is 2.77. The zero-order chi connectivity index (χ0) is 14.2. The average molecular weight is 287 g/mol. The Morgan fingerprint density at radius 2 is 2.05 bits per heavy atom. The van der Waals surface area contributed by atoms with Crippen LogP contribution in [0.25, 0.3) is 10.1 Å². The highest BCUT2D eigenvalue weighted by atomic mass is 32.1. The van der Waals surface area contributed by atoms with Crippen molar-refractivity contribution in [3.05, 3.63) is 35.2 Å². The Kier molecular flexibility index (Phi) is 3.87. The smallest absolute Gasteiger partial charge is 0.0345 e. The maximum absolute atomic E-state index is 6.03. The van der Waals surface area contributed by atoms with Crippen LogP contribution in [-0.4, -0.2) is 6.54 Å². The minimum absolute atomic E-state index is 0.488. The van der Waals surface area contributed by atoms with Crippen LogP contribution in [0.4, 0.5) is 0 Å². The molecular formula is C18H25NS. The number of nitrogens with two attached hydrogens (primary N) is 1. The molecule has 3 rings (SSSR count). The Morgan fingerprint density at radius 1 is 1.25 bits per heavy atom. The summed E-state index contributed by atoms with van der Waals surface area (Å²) in [5.74, 6) is 1.46. The highest BCUT2D eigenvalue weighted by Crippen LogP contribution is 2.43. The first-order valence-electron chi connectivity index (χ1n) is 7.74. The van der Waals surface area contributed by atoms with Crippen LogP contribution >= 0.6 is 11.3 Å². The van der Waals surface area contributed by atoms with Gasteiger partial charge in [0.2, 0.25) is 0 Å². The molecule has 20 heavy (non-hydrogen) atoms. The zero-order valence-electron chi connectivity index (χ0n) is 12.6. The standard InChI is InChI=1S/C18H25NS/c1-18(2)8-7-13(11-19)14(10-18)9-15-12-20-17-6-4-3-5-16(15)17/h3-6,12-14H,7-11,19H2,1-2H3. The van der Waals surface area contributed by atoms with Crippen molar-refractivity contribution in [3.63, 3.8) is 0 Å². The van der Waals surface area contributed by atoms with Crippen molar-refractivity contribution in [2.24, 2.45) is 23.0 Å². The van der Waals surface area contributed by atoms with E-state index in [4.69, 9.17) is 5.73 Å². The Labute approximate surface area is 126 Å². The molecule has 1 heterocycles. The summed E-state index contributed by atoms with van der Waals surface area (Å²) in [5.41, 5.74) is 8.05. The van der Waals surface area contributed by atoms with Crippen LogP contribution in [0.3, 0.4) is 0 Å². The van der Waals surface area contributed by atoms with Gasteiger partial charge in [0.05, 0.1) is 0 Å². The van der Waals surface area contributed by atoms with Gasteiger partial charge in [-0.2, -0.15) is 0 Å². The highest BCUT2D eigenvalue weighted by Gasteiger charge is 2.34. The van der Waals surface area contributed by atoms with Crippen LogP contribution in [0.15, 0.2) is 29.6 Å². The molecule has 1 fully saturated rings. The molecule has 1 aromatic carbocycles. The number of fused-ring (bicyclic) bond motifs is 1.